The number of hydrogen-bond donors (Lipinski definition) is 2. The topological polar surface area (TPSA) is 66.5 Å². The summed E-state index contributed by atoms with van der Waals surface area (Å²) in [6, 6.07) is 0.451. The number of aryl methyl sites for hydroxylation is 1. The number of nitrogens with one attached hydrogen (secondary N) is 2. The van der Waals surface area contributed by atoms with Crippen LogP contribution in [0.4, 0.5) is 5.13 Å². The van der Waals surface area contributed by atoms with Crippen molar-refractivity contribution in [3.05, 3.63) is 23.5 Å². The molecule has 0 aromatic carbocycles. The minimum absolute atomic E-state index is 0.451. The summed E-state index contributed by atoms with van der Waals surface area (Å²) in [4.78, 5) is 12.3. The molecule has 2 aliphatic rings. The first-order valence-corrected chi connectivity index (χ1v) is 8.27. The first-order valence-electron chi connectivity index (χ1n) is 7.50. The van der Waals surface area contributed by atoms with E-state index in [0.29, 0.717) is 12.0 Å². The van der Waals surface area contributed by atoms with Crippen LogP contribution >= 0.6 is 11.5 Å². The molecule has 20 heavy (non-hydrogen) atoms. The number of hydrogen-bond acceptors (Lipinski definition) is 5. The maximum Gasteiger partial charge on any atom is 0.202 e. The summed E-state index contributed by atoms with van der Waals surface area (Å²) >= 11 is 1.52. The van der Waals surface area contributed by atoms with Gasteiger partial charge in [-0.2, -0.15) is 4.37 Å². The second kappa shape index (κ2) is 5.16. The second-order valence-electron chi connectivity index (χ2n) is 5.85. The summed E-state index contributed by atoms with van der Waals surface area (Å²) in [6.45, 7) is 0. The fraction of sp³-hybridized carbons (Fsp3) is 0.643. The van der Waals surface area contributed by atoms with E-state index in [1.807, 2.05) is 0 Å². The molecule has 0 bridgehead atoms. The van der Waals surface area contributed by atoms with Crippen LogP contribution in [-0.2, 0) is 12.8 Å². The Morgan fingerprint density at radius 3 is 3.05 bits per heavy atom. The van der Waals surface area contributed by atoms with Gasteiger partial charge in [0.25, 0.3) is 0 Å². The van der Waals surface area contributed by atoms with Crippen molar-refractivity contribution in [2.45, 2.75) is 56.9 Å². The van der Waals surface area contributed by atoms with Gasteiger partial charge in [0, 0.05) is 35.6 Å². The predicted molar refractivity (Wildman–Crippen MR) is 79.1 cm³/mol. The molecule has 2 N–H and O–H groups in total. The molecule has 2 heterocycles. The van der Waals surface area contributed by atoms with Crippen LogP contribution < -0.4 is 5.32 Å². The number of aromatic nitrogens is 4. The average molecular weight is 289 g/mol. The van der Waals surface area contributed by atoms with Gasteiger partial charge in [-0.25, -0.2) is 9.97 Å². The van der Waals surface area contributed by atoms with Gasteiger partial charge in [-0.3, -0.25) is 0 Å². The van der Waals surface area contributed by atoms with E-state index < -0.39 is 0 Å². The molecule has 4 rings (SSSR count). The van der Waals surface area contributed by atoms with Crippen LogP contribution in [0.2, 0.25) is 0 Å². The van der Waals surface area contributed by atoms with Gasteiger partial charge in [0.1, 0.15) is 5.82 Å². The molecule has 0 radical (unpaired) electrons. The number of aromatic amines is 1. The van der Waals surface area contributed by atoms with E-state index in [1.54, 1.807) is 6.33 Å². The predicted octanol–water partition coefficient (Wildman–Crippen LogP) is 2.89. The van der Waals surface area contributed by atoms with Crippen LogP contribution in [0.5, 0.6) is 0 Å². The van der Waals surface area contributed by atoms with E-state index in [9.17, 15) is 0 Å². The lowest BCUT2D eigenvalue weighted by molar-refractivity contribution is 0.596. The Hall–Kier alpha value is -1.43. The van der Waals surface area contributed by atoms with Gasteiger partial charge >= 0.3 is 0 Å². The summed E-state index contributed by atoms with van der Waals surface area (Å²) in [5, 5.41) is 4.54. The highest BCUT2D eigenvalue weighted by Gasteiger charge is 2.24. The largest absolute Gasteiger partial charge is 0.357 e. The molecular weight excluding hydrogens is 270 g/mol. The molecule has 2 aromatic heterocycles. The second-order valence-corrected chi connectivity index (χ2v) is 6.60. The van der Waals surface area contributed by atoms with Crippen molar-refractivity contribution in [1.82, 2.24) is 19.3 Å². The highest BCUT2D eigenvalue weighted by Crippen LogP contribution is 2.34. The normalized spacial score (nSPS) is 22.9. The van der Waals surface area contributed by atoms with Crippen molar-refractivity contribution < 1.29 is 0 Å². The zero-order valence-electron chi connectivity index (χ0n) is 11.4. The quantitative estimate of drug-likeness (QED) is 0.912. The molecule has 6 heteroatoms. The zero-order chi connectivity index (χ0) is 13.4. The lowest BCUT2D eigenvalue weighted by atomic mass is 9.96. The lowest BCUT2D eigenvalue weighted by Gasteiger charge is -2.21. The highest BCUT2D eigenvalue weighted by molar-refractivity contribution is 7.09. The zero-order valence-corrected chi connectivity index (χ0v) is 12.2. The number of imidazole rings is 1. The van der Waals surface area contributed by atoms with Gasteiger partial charge in [0.2, 0.25) is 5.13 Å². The standard InChI is InChI=1S/C14H19N5S/c1-2-4-9(3-1)13-18-14(20-19-13)17-10-5-6-11-12(7-10)16-8-15-11/h8-10H,1-7H2,(H,15,16)(H,17,18,19). The molecule has 1 unspecified atom stereocenters. The Morgan fingerprint density at radius 2 is 2.15 bits per heavy atom. The molecular formula is C14H19N5S. The average Bonchev–Trinajstić information content (AvgIpc) is 3.19. The van der Waals surface area contributed by atoms with E-state index in [1.165, 1.54) is 48.6 Å². The van der Waals surface area contributed by atoms with Crippen LogP contribution in [0.25, 0.3) is 0 Å². The molecule has 5 nitrogen and oxygen atoms in total. The van der Waals surface area contributed by atoms with Crippen LogP contribution in [0.3, 0.4) is 0 Å². The fourth-order valence-corrected chi connectivity index (χ4v) is 4.07. The minimum Gasteiger partial charge on any atom is -0.357 e. The van der Waals surface area contributed by atoms with Crippen LogP contribution in [0, 0.1) is 0 Å². The van der Waals surface area contributed by atoms with E-state index in [2.05, 4.69) is 19.7 Å². The molecule has 106 valence electrons. The Kier molecular flexibility index (Phi) is 3.18. The number of anilines is 1. The summed E-state index contributed by atoms with van der Waals surface area (Å²) in [6.07, 6.45) is 10.2. The maximum atomic E-state index is 4.70. The van der Waals surface area contributed by atoms with Crippen molar-refractivity contribution in [3.63, 3.8) is 0 Å². The Balaban J connectivity index is 1.42. The van der Waals surface area contributed by atoms with E-state index in [0.717, 1.165) is 30.2 Å². The summed E-state index contributed by atoms with van der Waals surface area (Å²) in [5.41, 5.74) is 2.50. The van der Waals surface area contributed by atoms with Crippen LogP contribution in [-0.4, -0.2) is 25.4 Å². The minimum atomic E-state index is 0.451. The van der Waals surface area contributed by atoms with E-state index >= 15 is 0 Å². The molecule has 1 saturated carbocycles. The van der Waals surface area contributed by atoms with Crippen LogP contribution in [0.15, 0.2) is 6.33 Å². The van der Waals surface area contributed by atoms with Crippen molar-refractivity contribution in [2.24, 2.45) is 0 Å². The Bertz CT molecular complexity index is 584. The number of H-pyrrole nitrogens is 1. The first kappa shape index (κ1) is 12.3. The van der Waals surface area contributed by atoms with Gasteiger partial charge in [0.15, 0.2) is 0 Å². The SMILES string of the molecule is c1nc2c([nH]1)CC(Nc1nc(C3CCCC3)ns1)CC2. The van der Waals surface area contributed by atoms with Crippen molar-refractivity contribution >= 4 is 16.7 Å². The van der Waals surface area contributed by atoms with Crippen molar-refractivity contribution in [3.8, 4) is 0 Å². The van der Waals surface area contributed by atoms with Crippen LogP contribution in [0.1, 0.15) is 55.2 Å². The third-order valence-corrected chi connectivity index (χ3v) is 5.14. The summed E-state index contributed by atoms with van der Waals surface area (Å²) in [7, 11) is 0. The fourth-order valence-electron chi connectivity index (χ4n) is 3.34. The van der Waals surface area contributed by atoms with Crippen molar-refractivity contribution in [1.29, 1.82) is 0 Å². The maximum absolute atomic E-state index is 4.70. The van der Waals surface area contributed by atoms with Crippen molar-refractivity contribution in [2.75, 3.05) is 5.32 Å². The third-order valence-electron chi connectivity index (χ3n) is 4.48. The number of fused-ring (bicyclic) bond motifs is 1. The molecule has 0 saturated heterocycles. The monoisotopic (exact) mass is 289 g/mol. The van der Waals surface area contributed by atoms with Gasteiger partial charge in [0.05, 0.1) is 12.0 Å². The highest BCUT2D eigenvalue weighted by atomic mass is 32.1. The Labute approximate surface area is 122 Å². The van der Waals surface area contributed by atoms with Gasteiger partial charge in [-0.1, -0.05) is 12.8 Å². The molecule has 2 aromatic rings. The Morgan fingerprint density at radius 1 is 1.25 bits per heavy atom. The number of nitrogens with zero attached hydrogens (tertiary/aromatic N) is 3. The summed E-state index contributed by atoms with van der Waals surface area (Å²) < 4.78 is 4.55. The molecule has 2 aliphatic carbocycles. The molecule has 1 atom stereocenters. The molecule has 0 aliphatic heterocycles. The number of rotatable bonds is 3. The first-order chi connectivity index (χ1) is 9.88. The smallest absolute Gasteiger partial charge is 0.202 e. The molecule has 1 fully saturated rings. The molecule has 0 amide bonds. The molecule has 0 spiro atoms. The summed E-state index contributed by atoms with van der Waals surface area (Å²) in [5.74, 6) is 1.67. The van der Waals surface area contributed by atoms with Gasteiger partial charge in [-0.05, 0) is 25.7 Å². The van der Waals surface area contributed by atoms with E-state index in [4.69, 9.17) is 4.98 Å². The van der Waals surface area contributed by atoms with E-state index in [-0.39, 0.29) is 0 Å². The lowest BCUT2D eigenvalue weighted by Crippen LogP contribution is -2.27. The van der Waals surface area contributed by atoms with Gasteiger partial charge < -0.3 is 10.3 Å². The van der Waals surface area contributed by atoms with Gasteiger partial charge in [-0.15, -0.1) is 0 Å². The third kappa shape index (κ3) is 2.32.